The fourth-order valence-electron chi connectivity index (χ4n) is 1.99. The van der Waals surface area contributed by atoms with Gasteiger partial charge in [-0.3, -0.25) is 4.79 Å². The van der Waals surface area contributed by atoms with Gasteiger partial charge in [0.1, 0.15) is 5.82 Å². The number of nitrogens with zero attached hydrogens (tertiary/aromatic N) is 1. The molecule has 0 aromatic heterocycles. The summed E-state index contributed by atoms with van der Waals surface area (Å²) in [5, 5.41) is 9.11. The van der Waals surface area contributed by atoms with Gasteiger partial charge in [-0.2, -0.15) is 0 Å². The number of benzene rings is 1. The minimum absolute atomic E-state index is 0. The van der Waals surface area contributed by atoms with E-state index in [4.69, 9.17) is 0 Å². The highest BCUT2D eigenvalue weighted by Gasteiger charge is 2.28. The van der Waals surface area contributed by atoms with Crippen LogP contribution in [0, 0.1) is 11.7 Å². The number of hydrogen-bond acceptors (Lipinski definition) is 2. The van der Waals surface area contributed by atoms with E-state index in [0.717, 1.165) is 19.4 Å². The molecule has 2 rings (SSSR count). The first kappa shape index (κ1) is 19.7. The number of rotatable bonds is 7. The van der Waals surface area contributed by atoms with Crippen molar-refractivity contribution < 1.29 is 9.18 Å². The lowest BCUT2D eigenvalue weighted by Crippen LogP contribution is -2.41. The number of carbonyl (C=O) groups excluding carboxylic acids is 1. The number of halogens is 2. The molecular formula is C16H24FIN4O. The third-order valence-corrected chi connectivity index (χ3v) is 3.37. The van der Waals surface area contributed by atoms with E-state index in [-0.39, 0.29) is 48.2 Å². The summed E-state index contributed by atoms with van der Waals surface area (Å²) >= 11 is 0. The minimum Gasteiger partial charge on any atom is -0.357 e. The predicted octanol–water partition coefficient (Wildman–Crippen LogP) is 2.03. The molecule has 128 valence electrons. The number of nitrogens with one attached hydrogen (secondary N) is 3. The molecule has 1 aromatic rings. The smallest absolute Gasteiger partial charge is 0.223 e. The third kappa shape index (κ3) is 7.15. The Kier molecular flexibility index (Phi) is 8.90. The highest BCUT2D eigenvalue weighted by atomic mass is 127. The molecule has 0 unspecified atom stereocenters. The van der Waals surface area contributed by atoms with Gasteiger partial charge < -0.3 is 16.0 Å². The predicted molar refractivity (Wildman–Crippen MR) is 100 cm³/mol. The van der Waals surface area contributed by atoms with Gasteiger partial charge in [-0.25, -0.2) is 9.38 Å². The van der Waals surface area contributed by atoms with Crippen molar-refractivity contribution >= 4 is 35.8 Å². The minimum atomic E-state index is -0.251. The Morgan fingerprint density at radius 3 is 2.57 bits per heavy atom. The van der Waals surface area contributed by atoms with Gasteiger partial charge in [-0.15, -0.1) is 24.0 Å². The molecule has 1 aliphatic carbocycles. The van der Waals surface area contributed by atoms with Gasteiger partial charge in [-0.1, -0.05) is 18.2 Å². The van der Waals surface area contributed by atoms with Gasteiger partial charge in [-0.05, 0) is 25.8 Å². The molecule has 1 fully saturated rings. The van der Waals surface area contributed by atoms with Gasteiger partial charge in [0, 0.05) is 31.1 Å². The van der Waals surface area contributed by atoms with Crippen LogP contribution in [-0.2, 0) is 11.3 Å². The number of aliphatic imine (C=N–C) groups is 1. The van der Waals surface area contributed by atoms with Crippen LogP contribution in [0.25, 0.3) is 0 Å². The Labute approximate surface area is 153 Å². The normalized spacial score (nSPS) is 13.9. The largest absolute Gasteiger partial charge is 0.357 e. The van der Waals surface area contributed by atoms with Crippen LogP contribution in [0.4, 0.5) is 4.39 Å². The summed E-state index contributed by atoms with van der Waals surface area (Å²) in [5.74, 6) is 0.725. The average Bonchev–Trinajstić information content (AvgIpc) is 3.35. The highest BCUT2D eigenvalue weighted by molar-refractivity contribution is 14.0. The quantitative estimate of drug-likeness (QED) is 0.266. The SMILES string of the molecule is CCNC(=NCc1ccccc1F)NCCNC(=O)C1CC1.I. The molecule has 0 radical (unpaired) electrons. The Morgan fingerprint density at radius 2 is 1.91 bits per heavy atom. The molecule has 23 heavy (non-hydrogen) atoms. The van der Waals surface area contributed by atoms with Gasteiger partial charge in [0.25, 0.3) is 0 Å². The van der Waals surface area contributed by atoms with Gasteiger partial charge in [0.05, 0.1) is 6.54 Å². The lowest BCUT2D eigenvalue weighted by molar-refractivity contribution is -0.122. The summed E-state index contributed by atoms with van der Waals surface area (Å²) in [4.78, 5) is 15.8. The summed E-state index contributed by atoms with van der Waals surface area (Å²) in [6.45, 7) is 4.10. The van der Waals surface area contributed by atoms with E-state index in [1.54, 1.807) is 18.2 Å². The molecule has 0 heterocycles. The molecular weight excluding hydrogens is 410 g/mol. The van der Waals surface area contributed by atoms with Crippen LogP contribution in [0.15, 0.2) is 29.3 Å². The summed E-state index contributed by atoms with van der Waals surface area (Å²) in [6, 6.07) is 6.60. The Balaban J connectivity index is 0.00000264. The van der Waals surface area contributed by atoms with Crippen molar-refractivity contribution in [2.45, 2.75) is 26.3 Å². The summed E-state index contributed by atoms with van der Waals surface area (Å²) < 4.78 is 13.5. The zero-order chi connectivity index (χ0) is 15.8. The average molecular weight is 434 g/mol. The van der Waals surface area contributed by atoms with Crippen LogP contribution in [0.1, 0.15) is 25.3 Å². The van der Waals surface area contributed by atoms with Gasteiger partial charge in [0.2, 0.25) is 5.91 Å². The number of guanidine groups is 1. The van der Waals surface area contributed by atoms with E-state index in [2.05, 4.69) is 20.9 Å². The summed E-state index contributed by atoms with van der Waals surface area (Å²) in [6.07, 6.45) is 2.01. The second kappa shape index (κ2) is 10.4. The third-order valence-electron chi connectivity index (χ3n) is 3.37. The molecule has 0 spiro atoms. The van der Waals surface area contributed by atoms with E-state index in [1.165, 1.54) is 6.07 Å². The van der Waals surface area contributed by atoms with Gasteiger partial charge in [0.15, 0.2) is 5.96 Å². The van der Waals surface area contributed by atoms with E-state index in [1.807, 2.05) is 6.92 Å². The molecule has 1 amide bonds. The fraction of sp³-hybridized carbons (Fsp3) is 0.500. The van der Waals surface area contributed by atoms with Crippen molar-refractivity contribution in [2.24, 2.45) is 10.9 Å². The van der Waals surface area contributed by atoms with Crippen LogP contribution < -0.4 is 16.0 Å². The fourth-order valence-corrected chi connectivity index (χ4v) is 1.99. The van der Waals surface area contributed by atoms with E-state index in [9.17, 15) is 9.18 Å². The van der Waals surface area contributed by atoms with Crippen LogP contribution in [0.3, 0.4) is 0 Å². The summed E-state index contributed by atoms with van der Waals surface area (Å²) in [7, 11) is 0. The zero-order valence-electron chi connectivity index (χ0n) is 13.3. The maximum absolute atomic E-state index is 13.5. The molecule has 3 N–H and O–H groups in total. The first-order chi connectivity index (χ1) is 10.7. The molecule has 5 nitrogen and oxygen atoms in total. The Hall–Kier alpha value is -1.38. The van der Waals surface area contributed by atoms with E-state index in [0.29, 0.717) is 24.6 Å². The Morgan fingerprint density at radius 1 is 1.22 bits per heavy atom. The highest BCUT2D eigenvalue weighted by Crippen LogP contribution is 2.28. The van der Waals surface area contributed by atoms with Crippen LogP contribution in [0.2, 0.25) is 0 Å². The molecule has 0 saturated heterocycles. The maximum atomic E-state index is 13.5. The van der Waals surface area contributed by atoms with Crippen LogP contribution >= 0.6 is 24.0 Å². The van der Waals surface area contributed by atoms with Gasteiger partial charge >= 0.3 is 0 Å². The van der Waals surface area contributed by atoms with Crippen molar-refractivity contribution in [1.82, 2.24) is 16.0 Å². The Bertz CT molecular complexity index is 535. The van der Waals surface area contributed by atoms with Crippen molar-refractivity contribution in [3.63, 3.8) is 0 Å². The second-order valence-corrected chi connectivity index (χ2v) is 5.28. The van der Waals surface area contributed by atoms with Crippen molar-refractivity contribution in [3.05, 3.63) is 35.6 Å². The number of hydrogen-bond donors (Lipinski definition) is 3. The first-order valence-electron chi connectivity index (χ1n) is 7.74. The summed E-state index contributed by atoms with van der Waals surface area (Å²) in [5.41, 5.74) is 0.557. The second-order valence-electron chi connectivity index (χ2n) is 5.28. The van der Waals surface area contributed by atoms with E-state index >= 15 is 0 Å². The maximum Gasteiger partial charge on any atom is 0.223 e. The first-order valence-corrected chi connectivity index (χ1v) is 7.74. The van der Waals surface area contributed by atoms with E-state index < -0.39 is 0 Å². The number of amides is 1. The molecule has 1 aliphatic rings. The van der Waals surface area contributed by atoms with Crippen molar-refractivity contribution in [1.29, 1.82) is 0 Å². The topological polar surface area (TPSA) is 65.5 Å². The van der Waals surface area contributed by atoms with Crippen molar-refractivity contribution in [3.8, 4) is 0 Å². The molecule has 7 heteroatoms. The van der Waals surface area contributed by atoms with Crippen LogP contribution in [0.5, 0.6) is 0 Å². The van der Waals surface area contributed by atoms with Crippen molar-refractivity contribution in [2.75, 3.05) is 19.6 Å². The van der Waals surface area contributed by atoms with Crippen LogP contribution in [-0.4, -0.2) is 31.5 Å². The molecule has 0 aliphatic heterocycles. The lowest BCUT2D eigenvalue weighted by Gasteiger charge is -2.12. The zero-order valence-corrected chi connectivity index (χ0v) is 15.6. The monoisotopic (exact) mass is 434 g/mol. The lowest BCUT2D eigenvalue weighted by atomic mass is 10.2. The number of carbonyl (C=O) groups is 1. The standard InChI is InChI=1S/C16H23FN4O.HI/c1-2-18-16(20-10-9-19-15(22)12-7-8-12)21-11-13-5-3-4-6-14(13)17;/h3-6,12H,2,7-11H2,1H3,(H,19,22)(H2,18,20,21);1H. The molecule has 0 atom stereocenters. The molecule has 1 saturated carbocycles. The molecule has 0 bridgehead atoms. The molecule has 1 aromatic carbocycles.